The van der Waals surface area contributed by atoms with Crippen LogP contribution in [0.4, 0.5) is 11.4 Å². The topological polar surface area (TPSA) is 35.6 Å². The second-order valence-corrected chi connectivity index (χ2v) is 7.57. The standard InChI is InChI=1S/C19H21BrClN3O/c1-14-5-6-18(17(20)11-14)22-19(25)13-23-7-9-24(10-8-23)16-4-2-3-15(21)12-16/h2-6,11-12H,7-10,13H2,1H3,(H,22,25). The maximum absolute atomic E-state index is 12.3. The first-order chi connectivity index (χ1) is 12.0. The molecule has 0 aromatic heterocycles. The average molecular weight is 423 g/mol. The third-order valence-corrected chi connectivity index (χ3v) is 5.20. The normalized spacial score (nSPS) is 15.2. The maximum Gasteiger partial charge on any atom is 0.238 e. The van der Waals surface area contributed by atoms with Crippen molar-refractivity contribution in [3.05, 3.63) is 57.5 Å². The van der Waals surface area contributed by atoms with Gasteiger partial charge < -0.3 is 10.2 Å². The molecule has 132 valence electrons. The molecule has 0 radical (unpaired) electrons. The molecular weight excluding hydrogens is 402 g/mol. The summed E-state index contributed by atoms with van der Waals surface area (Å²) in [4.78, 5) is 16.8. The van der Waals surface area contributed by atoms with Crippen LogP contribution in [0.25, 0.3) is 0 Å². The first kappa shape index (κ1) is 18.2. The molecule has 2 aromatic rings. The molecule has 1 aliphatic rings. The van der Waals surface area contributed by atoms with Crippen molar-refractivity contribution < 1.29 is 4.79 Å². The molecule has 0 unspecified atom stereocenters. The Bertz CT molecular complexity index is 760. The van der Waals surface area contributed by atoms with Crippen LogP contribution in [0.1, 0.15) is 5.56 Å². The molecular formula is C19H21BrClN3O. The largest absolute Gasteiger partial charge is 0.369 e. The van der Waals surface area contributed by atoms with Crippen molar-refractivity contribution >= 4 is 44.8 Å². The molecule has 3 rings (SSSR count). The van der Waals surface area contributed by atoms with E-state index in [2.05, 4.69) is 37.1 Å². The van der Waals surface area contributed by atoms with Gasteiger partial charge in [-0.25, -0.2) is 0 Å². The molecule has 2 aromatic carbocycles. The van der Waals surface area contributed by atoms with E-state index in [0.717, 1.165) is 52.6 Å². The molecule has 4 nitrogen and oxygen atoms in total. The zero-order chi connectivity index (χ0) is 17.8. The van der Waals surface area contributed by atoms with E-state index < -0.39 is 0 Å². The van der Waals surface area contributed by atoms with Crippen LogP contribution < -0.4 is 10.2 Å². The van der Waals surface area contributed by atoms with Crippen LogP contribution >= 0.6 is 27.5 Å². The van der Waals surface area contributed by atoms with Gasteiger partial charge in [0, 0.05) is 41.4 Å². The second kappa shape index (κ2) is 8.21. The minimum atomic E-state index is 0.0146. The SMILES string of the molecule is Cc1ccc(NC(=O)CN2CCN(c3cccc(Cl)c3)CC2)c(Br)c1. The number of hydrogen-bond donors (Lipinski definition) is 1. The Morgan fingerprint density at radius 2 is 1.92 bits per heavy atom. The van der Waals surface area contributed by atoms with Gasteiger partial charge >= 0.3 is 0 Å². The van der Waals surface area contributed by atoms with Crippen molar-refractivity contribution in [1.29, 1.82) is 0 Å². The number of benzene rings is 2. The minimum absolute atomic E-state index is 0.0146. The highest BCUT2D eigenvalue weighted by Gasteiger charge is 2.19. The number of halogens is 2. The number of anilines is 2. The summed E-state index contributed by atoms with van der Waals surface area (Å²) >= 11 is 9.56. The molecule has 25 heavy (non-hydrogen) atoms. The lowest BCUT2D eigenvalue weighted by atomic mass is 10.2. The van der Waals surface area contributed by atoms with Gasteiger partial charge in [0.1, 0.15) is 0 Å². The first-order valence-electron chi connectivity index (χ1n) is 8.30. The van der Waals surface area contributed by atoms with Crippen molar-refractivity contribution in [2.24, 2.45) is 0 Å². The Morgan fingerprint density at radius 1 is 1.16 bits per heavy atom. The van der Waals surface area contributed by atoms with Gasteiger partial charge in [-0.2, -0.15) is 0 Å². The number of aryl methyl sites for hydroxylation is 1. The number of nitrogens with zero attached hydrogens (tertiary/aromatic N) is 2. The summed E-state index contributed by atoms with van der Waals surface area (Å²) in [6.07, 6.45) is 0. The first-order valence-corrected chi connectivity index (χ1v) is 9.47. The van der Waals surface area contributed by atoms with E-state index in [9.17, 15) is 4.79 Å². The highest BCUT2D eigenvalue weighted by molar-refractivity contribution is 9.10. The fourth-order valence-electron chi connectivity index (χ4n) is 2.95. The number of nitrogens with one attached hydrogen (secondary N) is 1. The Labute approximate surface area is 161 Å². The zero-order valence-corrected chi connectivity index (χ0v) is 16.5. The third-order valence-electron chi connectivity index (χ3n) is 4.31. The Morgan fingerprint density at radius 3 is 2.60 bits per heavy atom. The number of hydrogen-bond acceptors (Lipinski definition) is 3. The van der Waals surface area contributed by atoms with E-state index in [1.54, 1.807) is 0 Å². The molecule has 1 fully saturated rings. The highest BCUT2D eigenvalue weighted by atomic mass is 79.9. The van der Waals surface area contributed by atoms with Gasteiger partial charge in [0.25, 0.3) is 0 Å². The van der Waals surface area contributed by atoms with Gasteiger partial charge in [-0.05, 0) is 58.7 Å². The number of amides is 1. The van der Waals surface area contributed by atoms with E-state index >= 15 is 0 Å². The monoisotopic (exact) mass is 421 g/mol. The lowest BCUT2D eigenvalue weighted by Crippen LogP contribution is -2.48. The summed E-state index contributed by atoms with van der Waals surface area (Å²) in [7, 11) is 0. The van der Waals surface area contributed by atoms with Crippen molar-refractivity contribution in [3.63, 3.8) is 0 Å². The fraction of sp³-hybridized carbons (Fsp3) is 0.316. The van der Waals surface area contributed by atoms with Crippen LogP contribution in [0.15, 0.2) is 46.9 Å². The number of carbonyl (C=O) groups is 1. The third kappa shape index (κ3) is 4.97. The van der Waals surface area contributed by atoms with Gasteiger partial charge in [-0.15, -0.1) is 0 Å². The Balaban J connectivity index is 1.51. The lowest BCUT2D eigenvalue weighted by molar-refractivity contribution is -0.117. The minimum Gasteiger partial charge on any atom is -0.369 e. The lowest BCUT2D eigenvalue weighted by Gasteiger charge is -2.35. The van der Waals surface area contributed by atoms with Gasteiger partial charge in [0.05, 0.1) is 12.2 Å². The number of piperazine rings is 1. The molecule has 1 amide bonds. The quantitative estimate of drug-likeness (QED) is 0.803. The van der Waals surface area contributed by atoms with E-state index in [1.807, 2.05) is 43.3 Å². The molecule has 1 N–H and O–H groups in total. The molecule has 1 aliphatic heterocycles. The molecule has 6 heteroatoms. The summed E-state index contributed by atoms with van der Waals surface area (Å²) in [5.41, 5.74) is 3.11. The van der Waals surface area contributed by atoms with E-state index in [4.69, 9.17) is 11.6 Å². The summed E-state index contributed by atoms with van der Waals surface area (Å²) in [6.45, 7) is 5.92. The molecule has 0 aliphatic carbocycles. The van der Waals surface area contributed by atoms with Crippen LogP contribution in [0.2, 0.25) is 5.02 Å². The number of carbonyl (C=O) groups excluding carboxylic acids is 1. The van der Waals surface area contributed by atoms with Gasteiger partial charge in [0.15, 0.2) is 0 Å². The van der Waals surface area contributed by atoms with Crippen molar-refractivity contribution in [2.75, 3.05) is 42.9 Å². The molecule has 1 heterocycles. The van der Waals surface area contributed by atoms with E-state index in [1.165, 1.54) is 0 Å². The predicted octanol–water partition coefficient (Wildman–Crippen LogP) is 4.17. The molecule has 0 bridgehead atoms. The zero-order valence-electron chi connectivity index (χ0n) is 14.1. The smallest absolute Gasteiger partial charge is 0.238 e. The maximum atomic E-state index is 12.3. The van der Waals surface area contributed by atoms with Crippen LogP contribution in [-0.4, -0.2) is 43.5 Å². The van der Waals surface area contributed by atoms with Crippen LogP contribution in [-0.2, 0) is 4.79 Å². The number of rotatable bonds is 4. The fourth-order valence-corrected chi connectivity index (χ4v) is 3.73. The van der Waals surface area contributed by atoms with Crippen LogP contribution in [0, 0.1) is 6.92 Å². The Hall–Kier alpha value is -1.56. The Kier molecular flexibility index (Phi) is 5.99. The summed E-state index contributed by atoms with van der Waals surface area (Å²) in [5, 5.41) is 3.73. The molecule has 0 atom stereocenters. The second-order valence-electron chi connectivity index (χ2n) is 6.27. The average Bonchev–Trinajstić information content (AvgIpc) is 2.58. The molecule has 1 saturated heterocycles. The van der Waals surface area contributed by atoms with Crippen molar-refractivity contribution in [2.45, 2.75) is 6.92 Å². The van der Waals surface area contributed by atoms with E-state index in [-0.39, 0.29) is 5.91 Å². The van der Waals surface area contributed by atoms with Gasteiger partial charge in [0.2, 0.25) is 5.91 Å². The van der Waals surface area contributed by atoms with Crippen molar-refractivity contribution in [1.82, 2.24) is 4.90 Å². The van der Waals surface area contributed by atoms with Crippen molar-refractivity contribution in [3.8, 4) is 0 Å². The highest BCUT2D eigenvalue weighted by Crippen LogP contribution is 2.24. The summed E-state index contributed by atoms with van der Waals surface area (Å²) in [5.74, 6) is 0.0146. The van der Waals surface area contributed by atoms with Crippen LogP contribution in [0.5, 0.6) is 0 Å². The summed E-state index contributed by atoms with van der Waals surface area (Å²) in [6, 6.07) is 13.8. The van der Waals surface area contributed by atoms with Crippen LogP contribution in [0.3, 0.4) is 0 Å². The predicted molar refractivity (Wildman–Crippen MR) is 108 cm³/mol. The van der Waals surface area contributed by atoms with Gasteiger partial charge in [-0.1, -0.05) is 23.7 Å². The van der Waals surface area contributed by atoms with Gasteiger partial charge in [-0.3, -0.25) is 9.69 Å². The molecule has 0 saturated carbocycles. The summed E-state index contributed by atoms with van der Waals surface area (Å²) < 4.78 is 0.909. The van der Waals surface area contributed by atoms with E-state index in [0.29, 0.717) is 6.54 Å². The molecule has 0 spiro atoms.